The Balaban J connectivity index is 2.68. The quantitative estimate of drug-likeness (QED) is 0.684. The third-order valence-electron chi connectivity index (χ3n) is 1.80. The second-order valence-corrected chi connectivity index (χ2v) is 2.69. The lowest BCUT2D eigenvalue weighted by atomic mass is 10.2. The summed E-state index contributed by atoms with van der Waals surface area (Å²) in [5.74, 6) is -0.622. The number of aliphatic hydroxyl groups excluding tert-OH is 1. The van der Waals surface area contributed by atoms with Gasteiger partial charge >= 0.3 is 5.97 Å². The van der Waals surface area contributed by atoms with E-state index in [2.05, 4.69) is 4.98 Å². The monoisotopic (exact) mass is 184 g/mol. The molecule has 72 valence electrons. The molecule has 0 radical (unpaired) electrons. The molecule has 0 saturated heterocycles. The number of carboxylic acids is 1. The van der Waals surface area contributed by atoms with Crippen LogP contribution in [-0.2, 0) is 17.8 Å². The van der Waals surface area contributed by atoms with Crippen molar-refractivity contribution < 1.29 is 15.0 Å². The number of aromatic nitrogens is 2. The minimum atomic E-state index is -1.37. The number of imidazole rings is 1. The highest BCUT2D eigenvalue weighted by Crippen LogP contribution is 2.01. The molecule has 13 heavy (non-hydrogen) atoms. The zero-order valence-corrected chi connectivity index (χ0v) is 7.34. The minimum absolute atomic E-state index is 0.0518. The molecule has 5 heteroatoms. The fourth-order valence-electron chi connectivity index (χ4n) is 1.08. The van der Waals surface area contributed by atoms with Gasteiger partial charge in [-0.25, -0.2) is 9.78 Å². The summed E-state index contributed by atoms with van der Waals surface area (Å²) >= 11 is 0. The van der Waals surface area contributed by atoms with Gasteiger partial charge in [0.05, 0.1) is 0 Å². The van der Waals surface area contributed by atoms with E-state index in [1.165, 1.54) is 0 Å². The molecule has 5 nitrogen and oxygen atoms in total. The number of carboxylic acid groups (broad SMARTS) is 1. The van der Waals surface area contributed by atoms with E-state index in [9.17, 15) is 4.79 Å². The summed E-state index contributed by atoms with van der Waals surface area (Å²) in [6.07, 6.45) is 2.03. The van der Waals surface area contributed by atoms with E-state index < -0.39 is 12.1 Å². The standard InChI is InChI=1S/C8H12N2O3/c1-2-10-4-3-9-7(10)5-6(11)8(12)13/h3-4,6,11H,2,5H2,1H3,(H,12,13)/t6-/m0/s1. The van der Waals surface area contributed by atoms with Gasteiger partial charge in [-0.3, -0.25) is 0 Å². The van der Waals surface area contributed by atoms with Crippen LogP contribution in [0.3, 0.4) is 0 Å². The van der Waals surface area contributed by atoms with Crippen molar-refractivity contribution in [3.05, 3.63) is 18.2 Å². The molecule has 0 fully saturated rings. The van der Waals surface area contributed by atoms with Crippen LogP contribution in [0.1, 0.15) is 12.7 Å². The molecule has 0 bridgehead atoms. The van der Waals surface area contributed by atoms with Crippen molar-refractivity contribution >= 4 is 5.97 Å². The number of carbonyl (C=O) groups is 1. The maximum absolute atomic E-state index is 10.3. The zero-order chi connectivity index (χ0) is 9.84. The largest absolute Gasteiger partial charge is 0.479 e. The first-order valence-corrected chi connectivity index (χ1v) is 4.06. The van der Waals surface area contributed by atoms with Gasteiger partial charge < -0.3 is 14.8 Å². The predicted molar refractivity (Wildman–Crippen MR) is 45.2 cm³/mol. The molecule has 0 aliphatic carbocycles. The topological polar surface area (TPSA) is 75.3 Å². The molecule has 1 rings (SSSR count). The first-order valence-electron chi connectivity index (χ1n) is 4.06. The van der Waals surface area contributed by atoms with Gasteiger partial charge in [-0.05, 0) is 6.92 Å². The molecule has 0 aromatic carbocycles. The lowest BCUT2D eigenvalue weighted by Crippen LogP contribution is -2.23. The fraction of sp³-hybridized carbons (Fsp3) is 0.500. The molecule has 0 aliphatic rings. The molecule has 0 amide bonds. The van der Waals surface area contributed by atoms with Gasteiger partial charge in [-0.15, -0.1) is 0 Å². The number of rotatable bonds is 4. The highest BCUT2D eigenvalue weighted by atomic mass is 16.4. The molecule has 0 saturated carbocycles. The third-order valence-corrected chi connectivity index (χ3v) is 1.80. The normalized spacial score (nSPS) is 12.8. The van der Waals surface area contributed by atoms with Crippen molar-refractivity contribution in [2.45, 2.75) is 26.0 Å². The van der Waals surface area contributed by atoms with Crippen LogP contribution < -0.4 is 0 Å². The fourth-order valence-corrected chi connectivity index (χ4v) is 1.08. The van der Waals surface area contributed by atoms with Crippen LogP contribution in [0.2, 0.25) is 0 Å². The molecule has 0 unspecified atom stereocenters. The van der Waals surface area contributed by atoms with Crippen LogP contribution in [0, 0.1) is 0 Å². The maximum atomic E-state index is 10.3. The van der Waals surface area contributed by atoms with Gasteiger partial charge in [0.1, 0.15) is 5.82 Å². The van der Waals surface area contributed by atoms with Crippen molar-refractivity contribution in [2.75, 3.05) is 0 Å². The Morgan fingerprint density at radius 3 is 3.00 bits per heavy atom. The van der Waals surface area contributed by atoms with Crippen molar-refractivity contribution in [1.82, 2.24) is 9.55 Å². The van der Waals surface area contributed by atoms with Gasteiger partial charge in [0.25, 0.3) is 0 Å². The van der Waals surface area contributed by atoms with Gasteiger partial charge in [-0.1, -0.05) is 0 Å². The Kier molecular flexibility index (Phi) is 3.02. The van der Waals surface area contributed by atoms with Crippen molar-refractivity contribution in [1.29, 1.82) is 0 Å². The number of aliphatic hydroxyl groups is 1. The Labute approximate surface area is 75.6 Å². The SMILES string of the molecule is CCn1ccnc1C[C@H](O)C(=O)O. The van der Waals surface area contributed by atoms with E-state index in [4.69, 9.17) is 10.2 Å². The molecular formula is C8H12N2O3. The summed E-state index contributed by atoms with van der Waals surface area (Å²) in [5.41, 5.74) is 0. The van der Waals surface area contributed by atoms with Crippen LogP contribution in [0.25, 0.3) is 0 Å². The molecule has 1 aromatic rings. The Morgan fingerprint density at radius 2 is 2.46 bits per heavy atom. The van der Waals surface area contributed by atoms with Crippen LogP contribution in [0.5, 0.6) is 0 Å². The zero-order valence-electron chi connectivity index (χ0n) is 7.34. The van der Waals surface area contributed by atoms with E-state index in [-0.39, 0.29) is 6.42 Å². The molecule has 1 atom stereocenters. The average Bonchev–Trinajstić information content (AvgIpc) is 2.51. The second kappa shape index (κ2) is 4.04. The van der Waals surface area contributed by atoms with Gasteiger partial charge in [0, 0.05) is 25.4 Å². The highest BCUT2D eigenvalue weighted by molar-refractivity contribution is 5.72. The highest BCUT2D eigenvalue weighted by Gasteiger charge is 2.16. The smallest absolute Gasteiger partial charge is 0.332 e. The number of nitrogens with zero attached hydrogens (tertiary/aromatic N) is 2. The van der Waals surface area contributed by atoms with Crippen molar-refractivity contribution in [2.24, 2.45) is 0 Å². The lowest BCUT2D eigenvalue weighted by molar-refractivity contribution is -0.146. The number of aliphatic carboxylic acids is 1. The Bertz CT molecular complexity index is 295. The number of hydrogen-bond donors (Lipinski definition) is 2. The molecule has 2 N–H and O–H groups in total. The summed E-state index contributed by atoms with van der Waals surface area (Å²) < 4.78 is 1.80. The first kappa shape index (κ1) is 9.73. The van der Waals surface area contributed by atoms with Crippen LogP contribution in [-0.4, -0.2) is 31.8 Å². The van der Waals surface area contributed by atoms with E-state index >= 15 is 0 Å². The van der Waals surface area contributed by atoms with Crippen molar-refractivity contribution in [3.8, 4) is 0 Å². The van der Waals surface area contributed by atoms with Crippen LogP contribution in [0.4, 0.5) is 0 Å². The van der Waals surface area contributed by atoms with E-state index in [1.807, 2.05) is 6.92 Å². The summed E-state index contributed by atoms with van der Waals surface area (Å²) in [5, 5.41) is 17.5. The molecule has 1 heterocycles. The maximum Gasteiger partial charge on any atom is 0.332 e. The predicted octanol–water partition coefficient (Wildman–Crippen LogP) is -0.109. The van der Waals surface area contributed by atoms with E-state index in [0.717, 1.165) is 6.54 Å². The number of aryl methyl sites for hydroxylation is 1. The second-order valence-electron chi connectivity index (χ2n) is 2.69. The van der Waals surface area contributed by atoms with E-state index in [0.29, 0.717) is 5.82 Å². The lowest BCUT2D eigenvalue weighted by Gasteiger charge is -2.06. The summed E-state index contributed by atoms with van der Waals surface area (Å²) in [4.78, 5) is 14.3. The van der Waals surface area contributed by atoms with Crippen molar-refractivity contribution in [3.63, 3.8) is 0 Å². The van der Waals surface area contributed by atoms with Crippen LogP contribution >= 0.6 is 0 Å². The summed E-state index contributed by atoms with van der Waals surface area (Å²) in [6.45, 7) is 2.65. The molecule has 1 aromatic heterocycles. The molecule has 0 aliphatic heterocycles. The van der Waals surface area contributed by atoms with Gasteiger partial charge in [0.2, 0.25) is 0 Å². The first-order chi connectivity index (χ1) is 6.15. The van der Waals surface area contributed by atoms with Gasteiger partial charge in [0.15, 0.2) is 6.10 Å². The Hall–Kier alpha value is -1.36. The van der Waals surface area contributed by atoms with Crippen LogP contribution in [0.15, 0.2) is 12.4 Å². The third kappa shape index (κ3) is 2.29. The Morgan fingerprint density at radius 1 is 1.77 bits per heavy atom. The summed E-state index contributed by atoms with van der Waals surface area (Å²) in [6, 6.07) is 0. The van der Waals surface area contributed by atoms with E-state index in [1.54, 1.807) is 17.0 Å². The summed E-state index contributed by atoms with van der Waals surface area (Å²) in [7, 11) is 0. The molecule has 0 spiro atoms. The number of hydrogen-bond acceptors (Lipinski definition) is 3. The minimum Gasteiger partial charge on any atom is -0.479 e. The van der Waals surface area contributed by atoms with Gasteiger partial charge in [-0.2, -0.15) is 0 Å². The average molecular weight is 184 g/mol. The molecular weight excluding hydrogens is 172 g/mol.